The standard InChI is InChI=1S/C15H23N3O2/c1-10(2)20-15-14(16-6-7-17-15)18-12-5-8-19-13(9-12)11-3-4-11/h6-7,10-13H,3-5,8-9H2,1-2H3,(H,16,18). The topological polar surface area (TPSA) is 56.3 Å². The molecule has 1 aliphatic carbocycles. The van der Waals surface area contributed by atoms with Crippen molar-refractivity contribution < 1.29 is 9.47 Å². The summed E-state index contributed by atoms with van der Waals surface area (Å²) in [6, 6.07) is 0.403. The molecule has 0 bridgehead atoms. The lowest BCUT2D eigenvalue weighted by atomic mass is 10.00. The molecule has 1 aromatic rings. The fourth-order valence-corrected chi connectivity index (χ4v) is 2.68. The molecule has 110 valence electrons. The zero-order valence-electron chi connectivity index (χ0n) is 12.2. The van der Waals surface area contributed by atoms with Crippen LogP contribution in [0.4, 0.5) is 5.82 Å². The molecule has 1 saturated heterocycles. The highest BCUT2D eigenvalue weighted by Crippen LogP contribution is 2.38. The third-order valence-electron chi connectivity index (χ3n) is 3.82. The van der Waals surface area contributed by atoms with Gasteiger partial charge in [0.2, 0.25) is 0 Å². The number of hydrogen-bond acceptors (Lipinski definition) is 5. The highest BCUT2D eigenvalue weighted by Gasteiger charge is 2.36. The molecule has 2 unspecified atom stereocenters. The van der Waals surface area contributed by atoms with Crippen molar-refractivity contribution in [2.24, 2.45) is 5.92 Å². The average molecular weight is 277 g/mol. The van der Waals surface area contributed by atoms with Crippen molar-refractivity contribution in [3.8, 4) is 5.88 Å². The van der Waals surface area contributed by atoms with Gasteiger partial charge < -0.3 is 14.8 Å². The Morgan fingerprint density at radius 3 is 2.80 bits per heavy atom. The SMILES string of the molecule is CC(C)Oc1nccnc1NC1CCOC(C2CC2)C1. The van der Waals surface area contributed by atoms with Crippen molar-refractivity contribution >= 4 is 5.82 Å². The lowest BCUT2D eigenvalue weighted by Crippen LogP contribution is -2.35. The van der Waals surface area contributed by atoms with Gasteiger partial charge in [-0.3, -0.25) is 0 Å². The zero-order valence-corrected chi connectivity index (χ0v) is 12.2. The predicted octanol–water partition coefficient (Wildman–Crippen LogP) is 2.63. The number of nitrogens with one attached hydrogen (secondary N) is 1. The number of aromatic nitrogens is 2. The molecule has 5 heteroatoms. The Labute approximate surface area is 120 Å². The number of hydrogen-bond donors (Lipinski definition) is 1. The van der Waals surface area contributed by atoms with Crippen LogP contribution in [0, 0.1) is 5.92 Å². The first-order chi connectivity index (χ1) is 9.72. The summed E-state index contributed by atoms with van der Waals surface area (Å²) in [4.78, 5) is 8.64. The van der Waals surface area contributed by atoms with Gasteiger partial charge in [0.05, 0.1) is 12.2 Å². The minimum atomic E-state index is 0.0983. The van der Waals surface area contributed by atoms with Crippen molar-refractivity contribution in [1.82, 2.24) is 9.97 Å². The first-order valence-electron chi connectivity index (χ1n) is 7.58. The van der Waals surface area contributed by atoms with Crippen molar-refractivity contribution in [2.75, 3.05) is 11.9 Å². The summed E-state index contributed by atoms with van der Waals surface area (Å²) in [6.07, 6.45) is 8.61. The van der Waals surface area contributed by atoms with E-state index in [9.17, 15) is 0 Å². The van der Waals surface area contributed by atoms with Gasteiger partial charge in [-0.1, -0.05) is 0 Å². The molecule has 3 rings (SSSR count). The van der Waals surface area contributed by atoms with Crippen LogP contribution in [0.2, 0.25) is 0 Å². The summed E-state index contributed by atoms with van der Waals surface area (Å²) in [5.74, 6) is 2.13. The molecular formula is C15H23N3O2. The molecule has 2 fully saturated rings. The van der Waals surface area contributed by atoms with Crippen molar-refractivity contribution in [2.45, 2.75) is 57.8 Å². The molecule has 2 aliphatic rings. The minimum Gasteiger partial charge on any atom is -0.472 e. The van der Waals surface area contributed by atoms with Gasteiger partial charge >= 0.3 is 0 Å². The number of nitrogens with zero attached hydrogens (tertiary/aromatic N) is 2. The molecular weight excluding hydrogens is 254 g/mol. The molecule has 0 aromatic carbocycles. The molecule has 5 nitrogen and oxygen atoms in total. The highest BCUT2D eigenvalue weighted by atomic mass is 16.5. The Bertz CT molecular complexity index is 448. The van der Waals surface area contributed by atoms with Gasteiger partial charge in [0.15, 0.2) is 5.82 Å². The third-order valence-corrected chi connectivity index (χ3v) is 3.82. The third kappa shape index (κ3) is 3.39. The summed E-state index contributed by atoms with van der Waals surface area (Å²) in [5.41, 5.74) is 0. The minimum absolute atomic E-state index is 0.0983. The van der Waals surface area contributed by atoms with Crippen LogP contribution in [-0.4, -0.2) is 34.8 Å². The van der Waals surface area contributed by atoms with Gasteiger partial charge in [-0.25, -0.2) is 9.97 Å². The molecule has 1 aromatic heterocycles. The summed E-state index contributed by atoms with van der Waals surface area (Å²) in [7, 11) is 0. The second-order valence-corrected chi connectivity index (χ2v) is 5.99. The van der Waals surface area contributed by atoms with Gasteiger partial charge in [0.1, 0.15) is 0 Å². The normalized spacial score (nSPS) is 26.6. The number of ether oxygens (including phenoxy) is 2. The Kier molecular flexibility index (Phi) is 4.05. The van der Waals surface area contributed by atoms with E-state index in [2.05, 4.69) is 15.3 Å². The summed E-state index contributed by atoms with van der Waals surface area (Å²) in [6.45, 7) is 4.82. The number of rotatable bonds is 5. The Morgan fingerprint density at radius 1 is 1.25 bits per heavy atom. The molecule has 2 heterocycles. The maximum atomic E-state index is 5.86. The Hall–Kier alpha value is -1.36. The van der Waals surface area contributed by atoms with Crippen LogP contribution in [-0.2, 0) is 4.74 Å². The quantitative estimate of drug-likeness (QED) is 0.896. The van der Waals surface area contributed by atoms with Crippen LogP contribution < -0.4 is 10.1 Å². The lowest BCUT2D eigenvalue weighted by molar-refractivity contribution is -0.00229. The summed E-state index contributed by atoms with van der Waals surface area (Å²) < 4.78 is 11.6. The van der Waals surface area contributed by atoms with Gasteiger partial charge in [0.25, 0.3) is 5.88 Å². The van der Waals surface area contributed by atoms with E-state index in [0.717, 1.165) is 31.2 Å². The van der Waals surface area contributed by atoms with E-state index >= 15 is 0 Å². The smallest absolute Gasteiger partial charge is 0.257 e. The second kappa shape index (κ2) is 5.95. The first-order valence-corrected chi connectivity index (χ1v) is 7.58. The van der Waals surface area contributed by atoms with E-state index < -0.39 is 0 Å². The first kappa shape index (κ1) is 13.6. The summed E-state index contributed by atoms with van der Waals surface area (Å²) in [5, 5.41) is 3.49. The molecule has 1 aliphatic heterocycles. The van der Waals surface area contributed by atoms with Crippen LogP contribution in [0.5, 0.6) is 5.88 Å². The molecule has 1 N–H and O–H groups in total. The predicted molar refractivity (Wildman–Crippen MR) is 76.9 cm³/mol. The van der Waals surface area contributed by atoms with Gasteiger partial charge in [-0.15, -0.1) is 0 Å². The van der Waals surface area contributed by atoms with Crippen LogP contribution in [0.25, 0.3) is 0 Å². The van der Waals surface area contributed by atoms with Crippen molar-refractivity contribution in [3.05, 3.63) is 12.4 Å². The lowest BCUT2D eigenvalue weighted by Gasteiger charge is -2.30. The van der Waals surface area contributed by atoms with Crippen LogP contribution in [0.15, 0.2) is 12.4 Å². The van der Waals surface area contributed by atoms with Crippen LogP contribution >= 0.6 is 0 Å². The van der Waals surface area contributed by atoms with E-state index in [0.29, 0.717) is 18.0 Å². The van der Waals surface area contributed by atoms with E-state index in [4.69, 9.17) is 9.47 Å². The maximum absolute atomic E-state index is 5.86. The Balaban J connectivity index is 1.64. The maximum Gasteiger partial charge on any atom is 0.257 e. The van der Waals surface area contributed by atoms with Crippen molar-refractivity contribution in [1.29, 1.82) is 0 Å². The molecule has 2 atom stereocenters. The zero-order chi connectivity index (χ0) is 13.9. The average Bonchev–Trinajstić information content (AvgIpc) is 3.25. The monoisotopic (exact) mass is 277 g/mol. The summed E-state index contributed by atoms with van der Waals surface area (Å²) >= 11 is 0. The van der Waals surface area contributed by atoms with E-state index in [1.165, 1.54) is 12.8 Å². The van der Waals surface area contributed by atoms with Crippen LogP contribution in [0.3, 0.4) is 0 Å². The largest absolute Gasteiger partial charge is 0.472 e. The molecule has 0 spiro atoms. The van der Waals surface area contributed by atoms with E-state index in [1.807, 2.05) is 13.8 Å². The van der Waals surface area contributed by atoms with Gasteiger partial charge in [0, 0.05) is 25.0 Å². The number of anilines is 1. The fraction of sp³-hybridized carbons (Fsp3) is 0.733. The van der Waals surface area contributed by atoms with Gasteiger partial charge in [-0.05, 0) is 45.4 Å². The molecule has 0 amide bonds. The molecule has 1 saturated carbocycles. The van der Waals surface area contributed by atoms with Gasteiger partial charge in [-0.2, -0.15) is 0 Å². The van der Waals surface area contributed by atoms with E-state index in [-0.39, 0.29) is 6.10 Å². The fourth-order valence-electron chi connectivity index (χ4n) is 2.68. The highest BCUT2D eigenvalue weighted by molar-refractivity contribution is 5.45. The second-order valence-electron chi connectivity index (χ2n) is 5.99. The van der Waals surface area contributed by atoms with Crippen molar-refractivity contribution in [3.63, 3.8) is 0 Å². The Morgan fingerprint density at radius 2 is 2.05 bits per heavy atom. The molecule has 20 heavy (non-hydrogen) atoms. The molecule has 0 radical (unpaired) electrons. The van der Waals surface area contributed by atoms with E-state index in [1.54, 1.807) is 12.4 Å². The van der Waals surface area contributed by atoms with Crippen LogP contribution in [0.1, 0.15) is 39.5 Å².